The van der Waals surface area contributed by atoms with Gasteiger partial charge in [0.1, 0.15) is 0 Å². The van der Waals surface area contributed by atoms with Gasteiger partial charge in [0.05, 0.1) is 4.90 Å². The average molecular weight is 424 g/mol. The maximum atomic E-state index is 12.8. The van der Waals surface area contributed by atoms with Crippen molar-refractivity contribution in [3.05, 3.63) is 29.8 Å². The molecule has 0 saturated carbocycles. The van der Waals surface area contributed by atoms with Gasteiger partial charge in [0.25, 0.3) is 5.91 Å². The summed E-state index contributed by atoms with van der Waals surface area (Å²) in [6.07, 6.45) is 6.31. The van der Waals surface area contributed by atoms with Crippen LogP contribution in [0.2, 0.25) is 0 Å². The number of rotatable bonds is 11. The highest BCUT2D eigenvalue weighted by Crippen LogP contribution is 2.18. The van der Waals surface area contributed by atoms with Gasteiger partial charge in [0, 0.05) is 37.8 Å². The maximum Gasteiger partial charge on any atom is 0.251 e. The van der Waals surface area contributed by atoms with Gasteiger partial charge in [0.15, 0.2) is 0 Å². The van der Waals surface area contributed by atoms with Crippen LogP contribution in [-0.2, 0) is 10.0 Å². The molecule has 1 saturated heterocycles. The lowest BCUT2D eigenvalue weighted by molar-refractivity contribution is 0.0948. The fourth-order valence-corrected chi connectivity index (χ4v) is 5.48. The van der Waals surface area contributed by atoms with Crippen molar-refractivity contribution in [2.75, 3.05) is 32.7 Å². The molecule has 7 heteroatoms. The molecule has 0 aromatic heterocycles. The summed E-state index contributed by atoms with van der Waals surface area (Å²) < 4.78 is 27.1. The largest absolute Gasteiger partial charge is 0.352 e. The average Bonchev–Trinajstić information content (AvgIpc) is 2.72. The molecule has 0 bridgehead atoms. The summed E-state index contributed by atoms with van der Waals surface area (Å²) >= 11 is 0. The van der Waals surface area contributed by atoms with Crippen LogP contribution < -0.4 is 5.32 Å². The molecular weight excluding hydrogens is 386 g/mol. The number of sulfonamides is 1. The molecule has 1 aliphatic rings. The second-order valence-corrected chi connectivity index (χ2v) is 9.86. The number of hydrogen-bond donors (Lipinski definition) is 1. The predicted molar refractivity (Wildman–Crippen MR) is 118 cm³/mol. The Hall–Kier alpha value is -1.44. The molecule has 1 atom stereocenters. The van der Waals surface area contributed by atoms with E-state index >= 15 is 0 Å². The standard InChI is InChI=1S/C22H37N3O3S/c1-4-15-25(16-5-2)29(27,28)21-12-10-20(11-13-21)22(26)23-14-8-18-24-17-7-6-9-19(24)3/h10-13,19H,4-9,14-18H2,1-3H3,(H,23,26)/t19-/m0/s1. The van der Waals surface area contributed by atoms with Crippen LogP contribution in [0, 0.1) is 0 Å². The Bertz CT molecular complexity index is 728. The third-order valence-electron chi connectivity index (χ3n) is 5.55. The summed E-state index contributed by atoms with van der Waals surface area (Å²) in [5, 5.41) is 2.95. The normalized spacial score (nSPS) is 18.1. The van der Waals surface area contributed by atoms with Gasteiger partial charge in [-0.3, -0.25) is 4.79 Å². The van der Waals surface area contributed by atoms with Gasteiger partial charge < -0.3 is 10.2 Å². The van der Waals surface area contributed by atoms with Gasteiger partial charge in [-0.25, -0.2) is 8.42 Å². The van der Waals surface area contributed by atoms with Crippen molar-refractivity contribution in [3.8, 4) is 0 Å². The van der Waals surface area contributed by atoms with Gasteiger partial charge in [-0.05, 0) is 69.8 Å². The van der Waals surface area contributed by atoms with E-state index in [9.17, 15) is 13.2 Å². The molecule has 0 unspecified atom stereocenters. The molecule has 1 N–H and O–H groups in total. The number of piperidine rings is 1. The fraction of sp³-hybridized carbons (Fsp3) is 0.682. The zero-order valence-corrected chi connectivity index (χ0v) is 19.0. The third kappa shape index (κ3) is 6.79. The summed E-state index contributed by atoms with van der Waals surface area (Å²) in [6, 6.07) is 6.92. The number of carbonyl (C=O) groups excluding carboxylic acids is 1. The van der Waals surface area contributed by atoms with Crippen molar-refractivity contribution in [1.29, 1.82) is 0 Å². The molecule has 1 heterocycles. The number of nitrogens with one attached hydrogen (secondary N) is 1. The Morgan fingerprint density at radius 2 is 1.79 bits per heavy atom. The van der Waals surface area contributed by atoms with Gasteiger partial charge in [-0.15, -0.1) is 0 Å². The van der Waals surface area contributed by atoms with E-state index in [1.165, 1.54) is 35.7 Å². The summed E-state index contributed by atoms with van der Waals surface area (Å²) in [7, 11) is -3.51. The van der Waals surface area contributed by atoms with Crippen molar-refractivity contribution >= 4 is 15.9 Å². The molecule has 0 radical (unpaired) electrons. The predicted octanol–water partition coefficient (Wildman–Crippen LogP) is 3.49. The van der Waals surface area contributed by atoms with Crippen LogP contribution in [0.3, 0.4) is 0 Å². The van der Waals surface area contributed by atoms with Crippen LogP contribution in [0.5, 0.6) is 0 Å². The highest BCUT2D eigenvalue weighted by atomic mass is 32.2. The van der Waals surface area contributed by atoms with E-state index in [0.717, 1.165) is 32.4 Å². The second-order valence-electron chi connectivity index (χ2n) is 7.92. The topological polar surface area (TPSA) is 69.7 Å². The smallest absolute Gasteiger partial charge is 0.251 e. The lowest BCUT2D eigenvalue weighted by atomic mass is 10.0. The van der Waals surface area contributed by atoms with Crippen LogP contribution in [-0.4, -0.2) is 62.3 Å². The van der Waals surface area contributed by atoms with Crippen LogP contribution in [0.4, 0.5) is 0 Å². The Balaban J connectivity index is 1.87. The third-order valence-corrected chi connectivity index (χ3v) is 7.46. The quantitative estimate of drug-likeness (QED) is 0.553. The number of amides is 1. The van der Waals surface area contributed by atoms with Crippen LogP contribution >= 0.6 is 0 Å². The molecule has 6 nitrogen and oxygen atoms in total. The minimum absolute atomic E-state index is 0.153. The van der Waals surface area contributed by atoms with Crippen molar-refractivity contribution in [3.63, 3.8) is 0 Å². The molecular formula is C22H37N3O3S. The summed E-state index contributed by atoms with van der Waals surface area (Å²) in [5.74, 6) is -0.153. The lowest BCUT2D eigenvalue weighted by Crippen LogP contribution is -2.39. The summed E-state index contributed by atoms with van der Waals surface area (Å²) in [6.45, 7) is 10.0. The molecule has 1 aliphatic heterocycles. The lowest BCUT2D eigenvalue weighted by Gasteiger charge is -2.33. The molecule has 1 aromatic rings. The van der Waals surface area contributed by atoms with E-state index in [-0.39, 0.29) is 10.8 Å². The molecule has 2 rings (SSSR count). The highest BCUT2D eigenvalue weighted by molar-refractivity contribution is 7.89. The molecule has 0 aliphatic carbocycles. The minimum Gasteiger partial charge on any atom is -0.352 e. The van der Waals surface area contributed by atoms with Crippen LogP contribution in [0.1, 0.15) is 69.7 Å². The maximum absolute atomic E-state index is 12.8. The first-order valence-corrected chi connectivity index (χ1v) is 12.5. The number of likely N-dealkylation sites (tertiary alicyclic amines) is 1. The number of hydrogen-bond acceptors (Lipinski definition) is 4. The minimum atomic E-state index is -3.51. The van der Waals surface area contributed by atoms with E-state index in [2.05, 4.69) is 17.1 Å². The summed E-state index contributed by atoms with van der Waals surface area (Å²) in [5.41, 5.74) is 0.493. The van der Waals surface area contributed by atoms with Gasteiger partial charge in [-0.2, -0.15) is 4.31 Å². The first-order valence-electron chi connectivity index (χ1n) is 11.0. The SMILES string of the molecule is CCCN(CCC)S(=O)(=O)c1ccc(C(=O)NCCCN2CCCC[C@@H]2C)cc1. The zero-order chi connectivity index (χ0) is 21.3. The van der Waals surface area contributed by atoms with Crippen molar-refractivity contribution in [2.24, 2.45) is 0 Å². The van der Waals surface area contributed by atoms with Crippen LogP contribution in [0.25, 0.3) is 0 Å². The van der Waals surface area contributed by atoms with Crippen LogP contribution in [0.15, 0.2) is 29.2 Å². The molecule has 1 aromatic carbocycles. The Labute approximate surface area is 176 Å². The summed E-state index contributed by atoms with van der Waals surface area (Å²) in [4.78, 5) is 15.1. The first kappa shape index (κ1) is 23.8. The van der Waals surface area contributed by atoms with Gasteiger partial charge in [0.2, 0.25) is 10.0 Å². The molecule has 164 valence electrons. The van der Waals surface area contributed by atoms with Crippen molar-refractivity contribution in [2.45, 2.75) is 70.2 Å². The number of benzene rings is 1. The Morgan fingerprint density at radius 1 is 1.14 bits per heavy atom. The Kier molecular flexibility index (Phi) is 9.59. The first-order chi connectivity index (χ1) is 13.9. The molecule has 1 fully saturated rings. The van der Waals surface area contributed by atoms with E-state index < -0.39 is 10.0 Å². The van der Waals surface area contributed by atoms with E-state index in [1.54, 1.807) is 12.1 Å². The fourth-order valence-electron chi connectivity index (χ4n) is 3.85. The number of carbonyl (C=O) groups is 1. The van der Waals surface area contributed by atoms with Crippen molar-refractivity contribution < 1.29 is 13.2 Å². The second kappa shape index (κ2) is 11.7. The zero-order valence-electron chi connectivity index (χ0n) is 18.2. The highest BCUT2D eigenvalue weighted by Gasteiger charge is 2.23. The molecule has 29 heavy (non-hydrogen) atoms. The molecule has 1 amide bonds. The van der Waals surface area contributed by atoms with E-state index in [1.807, 2.05) is 13.8 Å². The van der Waals surface area contributed by atoms with E-state index in [4.69, 9.17) is 0 Å². The van der Waals surface area contributed by atoms with Gasteiger partial charge >= 0.3 is 0 Å². The Morgan fingerprint density at radius 3 is 2.38 bits per heavy atom. The number of nitrogens with zero attached hydrogens (tertiary/aromatic N) is 2. The van der Waals surface area contributed by atoms with E-state index in [0.29, 0.717) is 31.2 Å². The molecule has 0 spiro atoms. The monoisotopic (exact) mass is 423 g/mol. The van der Waals surface area contributed by atoms with Crippen molar-refractivity contribution in [1.82, 2.24) is 14.5 Å². The van der Waals surface area contributed by atoms with Gasteiger partial charge in [-0.1, -0.05) is 20.3 Å².